The lowest BCUT2D eigenvalue weighted by Gasteiger charge is -2.22. The number of esters is 1. The molecule has 2 aromatic carbocycles. The van der Waals surface area contributed by atoms with Crippen LogP contribution in [0.4, 0.5) is 0 Å². The third-order valence-electron chi connectivity index (χ3n) is 6.60. The standard InChI is InChI=1S/C31H26ClN3O5/c1-19-8-13-27(40-15-14-19)28-24(18-34-30(37)20-9-12-25(33-17-20)31(38)39-2)29(36)23-11-10-21(32)16-26(23)35(28)22-6-4-3-5-7-22/h3-7,9-17,19H,8,18H2,1-2H3,(H,34,37). The van der Waals surface area contributed by atoms with Crippen LogP contribution in [0, 0.1) is 5.92 Å². The normalized spacial score (nSPS) is 14.7. The van der Waals surface area contributed by atoms with Gasteiger partial charge in [-0.15, -0.1) is 0 Å². The van der Waals surface area contributed by atoms with E-state index in [-0.39, 0.29) is 29.1 Å². The Morgan fingerprint density at radius 2 is 1.95 bits per heavy atom. The van der Waals surface area contributed by atoms with Gasteiger partial charge in [-0.2, -0.15) is 0 Å². The maximum atomic E-state index is 14.0. The van der Waals surface area contributed by atoms with E-state index in [1.54, 1.807) is 24.5 Å². The summed E-state index contributed by atoms with van der Waals surface area (Å²) in [6.45, 7) is 1.99. The molecule has 9 heteroatoms. The van der Waals surface area contributed by atoms with E-state index in [1.165, 1.54) is 25.4 Å². The summed E-state index contributed by atoms with van der Waals surface area (Å²) in [6.07, 6.45) is 7.53. The van der Waals surface area contributed by atoms with Gasteiger partial charge in [0.2, 0.25) is 0 Å². The molecule has 1 aliphatic heterocycles. The van der Waals surface area contributed by atoms with Gasteiger partial charge in [-0.3, -0.25) is 9.59 Å². The number of hydrogen-bond donors (Lipinski definition) is 1. The fourth-order valence-corrected chi connectivity index (χ4v) is 4.68. The zero-order valence-corrected chi connectivity index (χ0v) is 22.6. The summed E-state index contributed by atoms with van der Waals surface area (Å²) in [5.41, 5.74) is 2.34. The lowest BCUT2D eigenvalue weighted by Crippen LogP contribution is -2.29. The average Bonchev–Trinajstić information content (AvgIpc) is 3.20. The highest BCUT2D eigenvalue weighted by atomic mass is 35.5. The number of para-hydroxylation sites is 1. The van der Waals surface area contributed by atoms with Crippen molar-refractivity contribution in [3.63, 3.8) is 0 Å². The van der Waals surface area contributed by atoms with Gasteiger partial charge in [0.1, 0.15) is 11.5 Å². The van der Waals surface area contributed by atoms with Crippen molar-refractivity contribution in [1.82, 2.24) is 14.9 Å². The fraction of sp³-hybridized carbons (Fsp3) is 0.161. The van der Waals surface area contributed by atoms with Gasteiger partial charge in [0.05, 0.1) is 30.1 Å². The number of nitrogens with one attached hydrogen (secondary N) is 1. The van der Waals surface area contributed by atoms with Crippen molar-refractivity contribution in [2.75, 3.05) is 7.11 Å². The molecule has 5 rings (SSSR count). The molecular weight excluding hydrogens is 530 g/mol. The van der Waals surface area contributed by atoms with Crippen molar-refractivity contribution in [2.24, 2.45) is 5.92 Å². The number of carbonyl (C=O) groups is 2. The Balaban J connectivity index is 1.66. The van der Waals surface area contributed by atoms with Gasteiger partial charge in [0, 0.05) is 34.4 Å². The van der Waals surface area contributed by atoms with Crippen LogP contribution in [0.15, 0.2) is 90.1 Å². The van der Waals surface area contributed by atoms with Crippen LogP contribution in [-0.4, -0.2) is 28.5 Å². The first kappa shape index (κ1) is 26.9. The number of pyridine rings is 2. The number of fused-ring (bicyclic) bond motifs is 1. The third kappa shape index (κ3) is 5.39. The lowest BCUT2D eigenvalue weighted by molar-refractivity contribution is 0.0593. The minimum Gasteiger partial charge on any atom is -0.464 e. The summed E-state index contributed by atoms with van der Waals surface area (Å²) in [7, 11) is 1.26. The van der Waals surface area contributed by atoms with Gasteiger partial charge in [-0.25, -0.2) is 9.78 Å². The highest BCUT2D eigenvalue weighted by Gasteiger charge is 2.24. The number of hydrogen-bond acceptors (Lipinski definition) is 6. The van der Waals surface area contributed by atoms with Crippen LogP contribution >= 0.6 is 11.6 Å². The maximum absolute atomic E-state index is 14.0. The average molecular weight is 556 g/mol. The number of methoxy groups -OCH3 is 1. The molecule has 0 spiro atoms. The molecule has 0 radical (unpaired) electrons. The number of carbonyl (C=O) groups excluding carboxylic acids is 2. The predicted octanol–water partition coefficient (Wildman–Crippen LogP) is 5.67. The van der Waals surface area contributed by atoms with Crippen molar-refractivity contribution >= 4 is 40.1 Å². The number of halogens is 1. The number of ether oxygens (including phenoxy) is 2. The lowest BCUT2D eigenvalue weighted by atomic mass is 10.0. The maximum Gasteiger partial charge on any atom is 0.356 e. The van der Waals surface area contributed by atoms with Crippen LogP contribution in [0.25, 0.3) is 22.3 Å². The number of nitrogens with zero attached hydrogens (tertiary/aromatic N) is 2. The summed E-state index contributed by atoms with van der Waals surface area (Å²) >= 11 is 6.40. The molecule has 2 aromatic heterocycles. The Hall–Kier alpha value is -4.69. The number of allylic oxidation sites excluding steroid dienone is 2. The summed E-state index contributed by atoms with van der Waals surface area (Å²) < 4.78 is 12.7. The van der Waals surface area contributed by atoms with Gasteiger partial charge in [-0.1, -0.05) is 36.7 Å². The number of aromatic nitrogens is 2. The van der Waals surface area contributed by atoms with Crippen LogP contribution < -0.4 is 10.7 Å². The third-order valence-corrected chi connectivity index (χ3v) is 6.83. The zero-order chi connectivity index (χ0) is 28.2. The molecule has 1 amide bonds. The Morgan fingerprint density at radius 1 is 1.15 bits per heavy atom. The van der Waals surface area contributed by atoms with E-state index in [0.29, 0.717) is 39.4 Å². The van der Waals surface area contributed by atoms with Crippen LogP contribution in [0.1, 0.15) is 45.4 Å². The molecule has 0 fully saturated rings. The van der Waals surface area contributed by atoms with Gasteiger partial charge in [-0.05, 0) is 67.0 Å². The van der Waals surface area contributed by atoms with Gasteiger partial charge >= 0.3 is 5.97 Å². The smallest absolute Gasteiger partial charge is 0.356 e. The highest BCUT2D eigenvalue weighted by Crippen LogP contribution is 2.31. The summed E-state index contributed by atoms with van der Waals surface area (Å²) in [6, 6.07) is 17.6. The predicted molar refractivity (Wildman–Crippen MR) is 153 cm³/mol. The molecule has 1 atom stereocenters. The largest absolute Gasteiger partial charge is 0.464 e. The molecular formula is C31H26ClN3O5. The Bertz CT molecular complexity index is 1710. The molecule has 0 saturated heterocycles. The monoisotopic (exact) mass is 555 g/mol. The fourth-order valence-electron chi connectivity index (χ4n) is 4.52. The minimum atomic E-state index is -0.602. The SMILES string of the molecule is COC(=O)c1ccc(C(=O)NCc2c(C3=CCC(C)C=CO3)n(-c3ccccc3)c3cc(Cl)ccc3c2=O)cn1. The molecule has 0 bridgehead atoms. The molecule has 1 aliphatic rings. The van der Waals surface area contributed by atoms with Crippen molar-refractivity contribution in [2.45, 2.75) is 19.9 Å². The quantitative estimate of drug-likeness (QED) is 0.308. The highest BCUT2D eigenvalue weighted by molar-refractivity contribution is 6.31. The Morgan fingerprint density at radius 3 is 2.67 bits per heavy atom. The first-order chi connectivity index (χ1) is 19.4. The second-order valence-electron chi connectivity index (χ2n) is 9.32. The van der Waals surface area contributed by atoms with Gasteiger partial charge in [0.15, 0.2) is 5.43 Å². The van der Waals surface area contributed by atoms with Crippen molar-refractivity contribution < 1.29 is 19.1 Å². The molecule has 202 valence electrons. The molecule has 0 saturated carbocycles. The topological polar surface area (TPSA) is 99.5 Å². The van der Waals surface area contributed by atoms with Crippen LogP contribution in [-0.2, 0) is 16.0 Å². The van der Waals surface area contributed by atoms with E-state index in [2.05, 4.69) is 22.0 Å². The van der Waals surface area contributed by atoms with Crippen molar-refractivity contribution in [3.05, 3.63) is 123 Å². The van der Waals surface area contributed by atoms with Crippen molar-refractivity contribution in [1.29, 1.82) is 0 Å². The summed E-state index contributed by atoms with van der Waals surface area (Å²) in [5, 5.41) is 3.77. The minimum absolute atomic E-state index is 0.0833. The first-order valence-electron chi connectivity index (χ1n) is 12.7. The van der Waals surface area contributed by atoms with Gasteiger partial charge < -0.3 is 19.4 Å². The van der Waals surface area contributed by atoms with E-state index < -0.39 is 11.9 Å². The number of benzene rings is 2. The zero-order valence-electron chi connectivity index (χ0n) is 21.9. The molecule has 0 aliphatic carbocycles. The van der Waals surface area contributed by atoms with E-state index in [9.17, 15) is 14.4 Å². The Labute approximate surface area is 235 Å². The molecule has 40 heavy (non-hydrogen) atoms. The molecule has 1 N–H and O–H groups in total. The second kappa shape index (κ2) is 11.6. The van der Waals surface area contributed by atoms with E-state index in [4.69, 9.17) is 16.3 Å². The Kier molecular flexibility index (Phi) is 7.79. The molecule has 1 unspecified atom stereocenters. The van der Waals surface area contributed by atoms with Crippen LogP contribution in [0.3, 0.4) is 0 Å². The molecule has 4 aromatic rings. The number of amides is 1. The van der Waals surface area contributed by atoms with E-state index in [1.807, 2.05) is 47.1 Å². The first-order valence-corrected chi connectivity index (χ1v) is 13.0. The van der Waals surface area contributed by atoms with Crippen LogP contribution in [0.2, 0.25) is 5.02 Å². The summed E-state index contributed by atoms with van der Waals surface area (Å²) in [4.78, 5) is 42.7. The van der Waals surface area contributed by atoms with Crippen LogP contribution in [0.5, 0.6) is 0 Å². The van der Waals surface area contributed by atoms with E-state index in [0.717, 1.165) is 5.69 Å². The van der Waals surface area contributed by atoms with E-state index >= 15 is 0 Å². The molecule has 8 nitrogen and oxygen atoms in total. The number of rotatable bonds is 6. The summed E-state index contributed by atoms with van der Waals surface area (Å²) in [5.74, 6) is -0.319. The van der Waals surface area contributed by atoms with Crippen molar-refractivity contribution in [3.8, 4) is 5.69 Å². The van der Waals surface area contributed by atoms with Gasteiger partial charge in [0.25, 0.3) is 5.91 Å². The second-order valence-corrected chi connectivity index (χ2v) is 9.76. The molecule has 3 heterocycles.